The lowest BCUT2D eigenvalue weighted by molar-refractivity contribution is -0.122. The smallest absolute Gasteiger partial charge is 0.322 e. The van der Waals surface area contributed by atoms with Gasteiger partial charge in [-0.3, -0.25) is 9.89 Å². The summed E-state index contributed by atoms with van der Waals surface area (Å²) in [7, 11) is 1.57. The second-order valence-electron chi connectivity index (χ2n) is 9.50. The van der Waals surface area contributed by atoms with Crippen molar-refractivity contribution in [2.24, 2.45) is 0 Å². The maximum Gasteiger partial charge on any atom is 0.322 e. The number of anilines is 1. The third-order valence-corrected chi connectivity index (χ3v) is 7.16. The molecule has 0 spiro atoms. The van der Waals surface area contributed by atoms with Gasteiger partial charge < -0.3 is 25.8 Å². The Morgan fingerprint density at radius 2 is 1.97 bits per heavy atom. The molecule has 10 heteroatoms. The van der Waals surface area contributed by atoms with Crippen LogP contribution in [0, 0.1) is 6.92 Å². The molecule has 0 radical (unpaired) electrons. The molecule has 2 aliphatic rings. The summed E-state index contributed by atoms with van der Waals surface area (Å²) in [5.74, 6) is -0.244. The van der Waals surface area contributed by atoms with Crippen molar-refractivity contribution in [2.45, 2.75) is 44.8 Å². The van der Waals surface area contributed by atoms with E-state index in [1.54, 1.807) is 18.1 Å². The first-order valence-corrected chi connectivity index (χ1v) is 12.3. The van der Waals surface area contributed by atoms with Gasteiger partial charge in [0, 0.05) is 50.2 Å². The second kappa shape index (κ2) is 9.88. The number of carbonyl (C=O) groups is 3. The number of benzene rings is 2. The Kier molecular flexibility index (Phi) is 6.49. The minimum absolute atomic E-state index is 0.0572. The molecule has 5 rings (SSSR count). The molecule has 2 aliphatic heterocycles. The van der Waals surface area contributed by atoms with E-state index in [1.165, 1.54) is 0 Å². The van der Waals surface area contributed by atoms with Crippen LogP contribution in [0.3, 0.4) is 0 Å². The molecule has 1 unspecified atom stereocenters. The van der Waals surface area contributed by atoms with Gasteiger partial charge >= 0.3 is 12.1 Å². The van der Waals surface area contributed by atoms with Gasteiger partial charge in [-0.1, -0.05) is 24.3 Å². The fraction of sp³-hybridized carbons (Fsp3) is 0.385. The SMILES string of the molecule is CNC(=O)C(Cc1cc(C)c2[nH]ncc2c1)NC(=O)N1CCC(N2Cc3ccccc3NC2=O)CC1. The quantitative estimate of drug-likeness (QED) is 0.440. The van der Waals surface area contributed by atoms with Crippen molar-refractivity contribution in [1.82, 2.24) is 30.6 Å². The Labute approximate surface area is 209 Å². The number of fused-ring (bicyclic) bond motifs is 2. The number of para-hydroxylation sites is 1. The predicted octanol–water partition coefficient (Wildman–Crippen LogP) is 2.75. The summed E-state index contributed by atoms with van der Waals surface area (Å²) < 4.78 is 0. The average Bonchev–Trinajstić information content (AvgIpc) is 3.37. The summed E-state index contributed by atoms with van der Waals surface area (Å²) in [5.41, 5.74) is 4.90. The zero-order valence-corrected chi connectivity index (χ0v) is 20.5. The lowest BCUT2D eigenvalue weighted by Crippen LogP contribution is -2.55. The number of nitrogens with zero attached hydrogens (tertiary/aromatic N) is 3. The topological polar surface area (TPSA) is 122 Å². The average molecular weight is 490 g/mol. The molecular formula is C26H31N7O3. The minimum Gasteiger partial charge on any atom is -0.357 e. The molecule has 0 aliphatic carbocycles. The van der Waals surface area contributed by atoms with E-state index < -0.39 is 6.04 Å². The lowest BCUT2D eigenvalue weighted by Gasteiger charge is -2.40. The largest absolute Gasteiger partial charge is 0.357 e. The highest BCUT2D eigenvalue weighted by molar-refractivity contribution is 5.92. The van der Waals surface area contributed by atoms with E-state index >= 15 is 0 Å². The zero-order chi connectivity index (χ0) is 25.2. The molecule has 1 saturated heterocycles. The molecule has 1 atom stereocenters. The van der Waals surface area contributed by atoms with Gasteiger partial charge in [0.1, 0.15) is 6.04 Å². The Morgan fingerprint density at radius 3 is 2.75 bits per heavy atom. The number of urea groups is 2. The fourth-order valence-electron chi connectivity index (χ4n) is 5.19. The summed E-state index contributed by atoms with van der Waals surface area (Å²) in [4.78, 5) is 42.0. The lowest BCUT2D eigenvalue weighted by atomic mass is 10.00. The summed E-state index contributed by atoms with van der Waals surface area (Å²) in [6.45, 7) is 3.59. The third-order valence-electron chi connectivity index (χ3n) is 7.16. The van der Waals surface area contributed by atoms with E-state index in [-0.39, 0.29) is 24.0 Å². The Hall–Kier alpha value is -4.08. The number of likely N-dealkylation sites (N-methyl/N-ethyl adjacent to an activating group) is 1. The van der Waals surface area contributed by atoms with Gasteiger partial charge in [0.05, 0.1) is 11.7 Å². The van der Waals surface area contributed by atoms with Crippen LogP contribution in [0.4, 0.5) is 15.3 Å². The van der Waals surface area contributed by atoms with E-state index in [9.17, 15) is 14.4 Å². The molecule has 1 fully saturated rings. The molecule has 4 N–H and O–H groups in total. The van der Waals surface area contributed by atoms with E-state index in [0.29, 0.717) is 38.9 Å². The predicted molar refractivity (Wildman–Crippen MR) is 137 cm³/mol. The van der Waals surface area contributed by atoms with Gasteiger partial charge in [-0.2, -0.15) is 5.10 Å². The standard InChI is InChI=1S/C26H31N7O3/c1-16-11-17(12-19-14-28-31-23(16)19)13-22(24(34)27-2)30-25(35)32-9-7-20(8-10-32)33-15-18-5-3-4-6-21(18)29-26(33)36/h3-6,11-12,14,20,22H,7-10,13,15H2,1-2H3,(H,27,34)(H,28,31)(H,29,36)(H,30,35). The third kappa shape index (κ3) is 4.71. The first kappa shape index (κ1) is 23.7. The Morgan fingerprint density at radius 1 is 1.19 bits per heavy atom. The molecule has 5 amide bonds. The maximum atomic E-state index is 13.1. The number of piperidine rings is 1. The number of nitrogens with one attached hydrogen (secondary N) is 4. The normalized spacial score (nSPS) is 16.9. The highest BCUT2D eigenvalue weighted by Gasteiger charge is 2.33. The minimum atomic E-state index is -0.701. The number of hydrogen-bond acceptors (Lipinski definition) is 4. The highest BCUT2D eigenvalue weighted by Crippen LogP contribution is 2.27. The van der Waals surface area contributed by atoms with Crippen LogP contribution >= 0.6 is 0 Å². The number of aryl methyl sites for hydroxylation is 1. The van der Waals surface area contributed by atoms with Crippen molar-refractivity contribution in [3.63, 3.8) is 0 Å². The second-order valence-corrected chi connectivity index (χ2v) is 9.50. The Bertz CT molecular complexity index is 1300. The molecule has 1 aromatic heterocycles. The number of rotatable bonds is 5. The van der Waals surface area contributed by atoms with Crippen molar-refractivity contribution in [3.8, 4) is 0 Å². The van der Waals surface area contributed by atoms with Crippen molar-refractivity contribution in [1.29, 1.82) is 0 Å². The summed E-state index contributed by atoms with van der Waals surface area (Å²) in [5, 5.41) is 16.6. The van der Waals surface area contributed by atoms with E-state index in [2.05, 4.69) is 26.1 Å². The number of amides is 5. The van der Waals surface area contributed by atoms with E-state index in [0.717, 1.165) is 33.3 Å². The van der Waals surface area contributed by atoms with Gasteiger partial charge in [-0.05, 0) is 48.6 Å². The van der Waals surface area contributed by atoms with Crippen LogP contribution in [0.5, 0.6) is 0 Å². The number of carbonyl (C=O) groups excluding carboxylic acids is 3. The molecular weight excluding hydrogens is 458 g/mol. The first-order chi connectivity index (χ1) is 17.4. The molecule has 10 nitrogen and oxygen atoms in total. The molecule has 188 valence electrons. The molecule has 0 bridgehead atoms. The van der Waals surface area contributed by atoms with Gasteiger partial charge in [-0.15, -0.1) is 0 Å². The molecule has 3 aromatic rings. The van der Waals surface area contributed by atoms with Crippen LogP contribution in [0.15, 0.2) is 42.6 Å². The summed E-state index contributed by atoms with van der Waals surface area (Å²) in [6, 6.07) is 10.8. The molecule has 36 heavy (non-hydrogen) atoms. The molecule has 0 saturated carbocycles. The summed E-state index contributed by atoms with van der Waals surface area (Å²) >= 11 is 0. The van der Waals surface area contributed by atoms with Crippen molar-refractivity contribution < 1.29 is 14.4 Å². The van der Waals surface area contributed by atoms with Crippen molar-refractivity contribution in [2.75, 3.05) is 25.5 Å². The summed E-state index contributed by atoms with van der Waals surface area (Å²) in [6.07, 6.45) is 3.50. The van der Waals surface area contributed by atoms with E-state index in [4.69, 9.17) is 0 Å². The Balaban J connectivity index is 1.20. The van der Waals surface area contributed by atoms with E-state index in [1.807, 2.05) is 48.2 Å². The zero-order valence-electron chi connectivity index (χ0n) is 20.5. The fourth-order valence-corrected chi connectivity index (χ4v) is 5.19. The van der Waals surface area contributed by atoms with Crippen LogP contribution < -0.4 is 16.0 Å². The first-order valence-electron chi connectivity index (χ1n) is 12.3. The van der Waals surface area contributed by atoms with Crippen LogP contribution in [-0.4, -0.2) is 70.2 Å². The van der Waals surface area contributed by atoms with Crippen LogP contribution in [0.25, 0.3) is 10.9 Å². The van der Waals surface area contributed by atoms with Gasteiger partial charge in [-0.25, -0.2) is 9.59 Å². The number of aromatic amines is 1. The number of H-pyrrole nitrogens is 1. The van der Waals surface area contributed by atoms with Crippen LogP contribution in [0.1, 0.15) is 29.5 Å². The number of likely N-dealkylation sites (tertiary alicyclic amines) is 1. The van der Waals surface area contributed by atoms with Crippen molar-refractivity contribution in [3.05, 3.63) is 59.3 Å². The van der Waals surface area contributed by atoms with Crippen LogP contribution in [-0.2, 0) is 17.8 Å². The highest BCUT2D eigenvalue weighted by atomic mass is 16.2. The molecule has 2 aromatic carbocycles. The maximum absolute atomic E-state index is 13.1. The van der Waals surface area contributed by atoms with Gasteiger partial charge in [0.25, 0.3) is 0 Å². The van der Waals surface area contributed by atoms with Gasteiger partial charge in [0.15, 0.2) is 0 Å². The monoisotopic (exact) mass is 489 g/mol. The number of hydrogen-bond donors (Lipinski definition) is 4. The molecule has 3 heterocycles. The van der Waals surface area contributed by atoms with Crippen LogP contribution in [0.2, 0.25) is 0 Å². The van der Waals surface area contributed by atoms with Gasteiger partial charge in [0.2, 0.25) is 5.91 Å². The number of aromatic nitrogens is 2. The van der Waals surface area contributed by atoms with Crippen molar-refractivity contribution >= 4 is 34.6 Å².